The quantitative estimate of drug-likeness (QED) is 0.666. The summed E-state index contributed by atoms with van der Waals surface area (Å²) in [5, 5.41) is 11.2. The SMILES string of the molecule is CN=C(NCc1ccnn1C)NC1CCC2CCCCC2C1. The van der Waals surface area contributed by atoms with Gasteiger partial charge in [-0.25, -0.2) is 0 Å². The highest BCUT2D eigenvalue weighted by molar-refractivity contribution is 5.79. The molecular formula is C17H29N5. The van der Waals surface area contributed by atoms with Gasteiger partial charge in [-0.05, 0) is 37.2 Å². The topological polar surface area (TPSA) is 54.2 Å². The number of aryl methyl sites for hydroxylation is 1. The van der Waals surface area contributed by atoms with E-state index in [4.69, 9.17) is 0 Å². The van der Waals surface area contributed by atoms with Gasteiger partial charge in [0.15, 0.2) is 5.96 Å². The van der Waals surface area contributed by atoms with Crippen molar-refractivity contribution in [2.24, 2.45) is 23.9 Å². The number of guanidine groups is 1. The number of hydrogen-bond acceptors (Lipinski definition) is 2. The fourth-order valence-corrected chi connectivity index (χ4v) is 4.14. The molecule has 3 rings (SSSR count). The Bertz CT molecular complexity index is 507. The molecule has 1 heterocycles. The Balaban J connectivity index is 1.49. The molecule has 0 spiro atoms. The average molecular weight is 303 g/mol. The summed E-state index contributed by atoms with van der Waals surface area (Å²) in [7, 11) is 3.82. The van der Waals surface area contributed by atoms with E-state index in [1.54, 1.807) is 0 Å². The van der Waals surface area contributed by atoms with Gasteiger partial charge in [-0.15, -0.1) is 0 Å². The van der Waals surface area contributed by atoms with E-state index in [-0.39, 0.29) is 0 Å². The van der Waals surface area contributed by atoms with E-state index >= 15 is 0 Å². The Hall–Kier alpha value is -1.52. The molecule has 0 bridgehead atoms. The van der Waals surface area contributed by atoms with Crippen LogP contribution in [0.1, 0.15) is 50.6 Å². The van der Waals surface area contributed by atoms with Crippen molar-refractivity contribution in [3.63, 3.8) is 0 Å². The summed E-state index contributed by atoms with van der Waals surface area (Å²) < 4.78 is 1.90. The van der Waals surface area contributed by atoms with E-state index in [0.717, 1.165) is 24.3 Å². The standard InChI is InChI=1S/C17H29N5/c1-18-17(19-12-16-9-10-20-22(16)2)21-15-8-7-13-5-3-4-6-14(13)11-15/h9-10,13-15H,3-8,11-12H2,1-2H3,(H2,18,19,21). The molecule has 22 heavy (non-hydrogen) atoms. The van der Waals surface area contributed by atoms with Crippen molar-refractivity contribution in [3.8, 4) is 0 Å². The fourth-order valence-electron chi connectivity index (χ4n) is 4.14. The fraction of sp³-hybridized carbons (Fsp3) is 0.765. The molecule has 0 aromatic carbocycles. The van der Waals surface area contributed by atoms with Gasteiger partial charge < -0.3 is 10.6 Å². The summed E-state index contributed by atoms with van der Waals surface area (Å²) in [5.74, 6) is 2.85. The minimum atomic E-state index is 0.581. The smallest absolute Gasteiger partial charge is 0.191 e. The molecule has 2 aliphatic carbocycles. The van der Waals surface area contributed by atoms with Crippen LogP contribution in [0.15, 0.2) is 17.3 Å². The Morgan fingerprint density at radius 1 is 1.27 bits per heavy atom. The van der Waals surface area contributed by atoms with Crippen molar-refractivity contribution in [2.45, 2.75) is 57.5 Å². The molecule has 0 amide bonds. The van der Waals surface area contributed by atoms with Crippen LogP contribution in [0.25, 0.3) is 0 Å². The zero-order chi connectivity index (χ0) is 15.4. The van der Waals surface area contributed by atoms with E-state index in [9.17, 15) is 0 Å². The minimum Gasteiger partial charge on any atom is -0.354 e. The number of nitrogens with zero attached hydrogens (tertiary/aromatic N) is 3. The van der Waals surface area contributed by atoms with E-state index < -0.39 is 0 Å². The number of fused-ring (bicyclic) bond motifs is 1. The second-order valence-corrected chi connectivity index (χ2v) is 6.83. The Labute approximate surface area is 133 Å². The molecule has 5 nitrogen and oxygen atoms in total. The van der Waals surface area contributed by atoms with Crippen LogP contribution < -0.4 is 10.6 Å². The Morgan fingerprint density at radius 2 is 2.09 bits per heavy atom. The lowest BCUT2D eigenvalue weighted by Gasteiger charge is -2.39. The summed E-state index contributed by atoms with van der Waals surface area (Å²) >= 11 is 0. The van der Waals surface area contributed by atoms with Crippen LogP contribution in [0, 0.1) is 11.8 Å². The van der Waals surface area contributed by atoms with Crippen molar-refractivity contribution >= 4 is 5.96 Å². The zero-order valence-electron chi connectivity index (χ0n) is 13.9. The van der Waals surface area contributed by atoms with Crippen molar-refractivity contribution < 1.29 is 0 Å². The average Bonchev–Trinajstić information content (AvgIpc) is 2.96. The second-order valence-electron chi connectivity index (χ2n) is 6.83. The molecule has 0 aliphatic heterocycles. The molecule has 122 valence electrons. The molecule has 0 saturated heterocycles. The number of rotatable bonds is 3. The third-order valence-corrected chi connectivity index (χ3v) is 5.46. The number of aliphatic imine (C=N–C) groups is 1. The normalized spacial score (nSPS) is 29.0. The maximum atomic E-state index is 4.38. The monoisotopic (exact) mass is 303 g/mol. The molecule has 0 radical (unpaired) electrons. The highest BCUT2D eigenvalue weighted by Crippen LogP contribution is 2.40. The predicted octanol–water partition coefficient (Wildman–Crippen LogP) is 2.44. The Morgan fingerprint density at radius 3 is 2.82 bits per heavy atom. The highest BCUT2D eigenvalue weighted by atomic mass is 15.3. The van der Waals surface area contributed by atoms with Gasteiger partial charge in [0, 0.05) is 26.3 Å². The van der Waals surface area contributed by atoms with Crippen molar-refractivity contribution in [1.82, 2.24) is 20.4 Å². The lowest BCUT2D eigenvalue weighted by molar-refractivity contribution is 0.150. The second kappa shape index (κ2) is 7.16. The van der Waals surface area contributed by atoms with Gasteiger partial charge in [0.2, 0.25) is 0 Å². The first-order valence-corrected chi connectivity index (χ1v) is 8.70. The molecule has 2 N–H and O–H groups in total. The third-order valence-electron chi connectivity index (χ3n) is 5.46. The van der Waals surface area contributed by atoms with E-state index in [1.165, 1.54) is 50.6 Å². The third kappa shape index (κ3) is 3.62. The summed E-state index contributed by atoms with van der Waals surface area (Å²) in [4.78, 5) is 4.38. The first-order chi connectivity index (χ1) is 10.8. The van der Waals surface area contributed by atoms with E-state index in [2.05, 4.69) is 20.7 Å². The van der Waals surface area contributed by atoms with Gasteiger partial charge in [0.1, 0.15) is 0 Å². The molecular weight excluding hydrogens is 274 g/mol. The van der Waals surface area contributed by atoms with Gasteiger partial charge in [-0.1, -0.05) is 25.7 Å². The van der Waals surface area contributed by atoms with Crippen molar-refractivity contribution in [3.05, 3.63) is 18.0 Å². The maximum absolute atomic E-state index is 4.38. The van der Waals surface area contributed by atoms with Gasteiger partial charge >= 0.3 is 0 Å². The van der Waals surface area contributed by atoms with Crippen LogP contribution in [-0.4, -0.2) is 28.8 Å². The summed E-state index contributed by atoms with van der Waals surface area (Å²) in [6.45, 7) is 0.759. The largest absolute Gasteiger partial charge is 0.354 e. The highest BCUT2D eigenvalue weighted by Gasteiger charge is 2.32. The summed E-state index contributed by atoms with van der Waals surface area (Å²) in [6, 6.07) is 2.62. The van der Waals surface area contributed by atoms with Crippen LogP contribution in [-0.2, 0) is 13.6 Å². The summed E-state index contributed by atoms with van der Waals surface area (Å²) in [5.41, 5.74) is 1.17. The lowest BCUT2D eigenvalue weighted by atomic mass is 9.69. The van der Waals surface area contributed by atoms with E-state index in [1.807, 2.05) is 31.0 Å². The molecule has 2 aliphatic rings. The molecule has 5 heteroatoms. The van der Waals surface area contributed by atoms with Crippen LogP contribution >= 0.6 is 0 Å². The predicted molar refractivity (Wildman–Crippen MR) is 89.6 cm³/mol. The number of hydrogen-bond donors (Lipinski definition) is 2. The van der Waals surface area contributed by atoms with Gasteiger partial charge in [-0.3, -0.25) is 9.67 Å². The number of nitrogens with one attached hydrogen (secondary N) is 2. The first-order valence-electron chi connectivity index (χ1n) is 8.70. The molecule has 1 aromatic rings. The molecule has 2 saturated carbocycles. The van der Waals surface area contributed by atoms with Crippen LogP contribution in [0.3, 0.4) is 0 Å². The lowest BCUT2D eigenvalue weighted by Crippen LogP contribution is -2.46. The molecule has 2 fully saturated rings. The van der Waals surface area contributed by atoms with Crippen LogP contribution in [0.5, 0.6) is 0 Å². The van der Waals surface area contributed by atoms with Gasteiger partial charge in [0.05, 0.1) is 12.2 Å². The minimum absolute atomic E-state index is 0.581. The van der Waals surface area contributed by atoms with Crippen molar-refractivity contribution in [1.29, 1.82) is 0 Å². The molecule has 3 unspecified atom stereocenters. The van der Waals surface area contributed by atoms with Crippen molar-refractivity contribution in [2.75, 3.05) is 7.05 Å². The van der Waals surface area contributed by atoms with Gasteiger partial charge in [-0.2, -0.15) is 5.10 Å². The first kappa shape index (κ1) is 15.4. The molecule has 3 atom stereocenters. The van der Waals surface area contributed by atoms with Gasteiger partial charge in [0.25, 0.3) is 0 Å². The summed E-state index contributed by atoms with van der Waals surface area (Å²) in [6.07, 6.45) is 11.6. The van der Waals surface area contributed by atoms with Crippen LogP contribution in [0.4, 0.5) is 0 Å². The van der Waals surface area contributed by atoms with Crippen LogP contribution in [0.2, 0.25) is 0 Å². The van der Waals surface area contributed by atoms with E-state index in [0.29, 0.717) is 6.04 Å². The zero-order valence-corrected chi connectivity index (χ0v) is 13.9. The molecule has 1 aromatic heterocycles. The Kier molecular flexibility index (Phi) is 5.01. The maximum Gasteiger partial charge on any atom is 0.191 e. The number of aromatic nitrogens is 2.